The van der Waals surface area contributed by atoms with Gasteiger partial charge in [-0.15, -0.1) is 0 Å². The molecule has 0 N–H and O–H groups in total. The van der Waals surface area contributed by atoms with E-state index in [4.69, 9.17) is 4.42 Å². The predicted octanol–water partition coefficient (Wildman–Crippen LogP) is 5.85. The minimum absolute atomic E-state index is 0.0645. The van der Waals surface area contributed by atoms with Gasteiger partial charge in [-0.05, 0) is 35.9 Å². The summed E-state index contributed by atoms with van der Waals surface area (Å²) in [6, 6.07) is 10.2. The first-order chi connectivity index (χ1) is 8.11. The van der Waals surface area contributed by atoms with Crippen LogP contribution in [-0.4, -0.2) is 0 Å². The van der Waals surface area contributed by atoms with Crippen LogP contribution >= 0.6 is 47.8 Å². The fourth-order valence-electron chi connectivity index (χ4n) is 1.58. The van der Waals surface area contributed by atoms with Crippen LogP contribution in [0.1, 0.15) is 28.8 Å². The molecule has 0 fully saturated rings. The van der Waals surface area contributed by atoms with Crippen LogP contribution in [0, 0.1) is 0 Å². The lowest BCUT2D eigenvalue weighted by molar-refractivity contribution is 0.477. The lowest BCUT2D eigenvalue weighted by Gasteiger charge is -2.10. The summed E-state index contributed by atoms with van der Waals surface area (Å²) in [5.41, 5.74) is 1.15. The zero-order chi connectivity index (χ0) is 12.4. The molecule has 2 aromatic rings. The van der Waals surface area contributed by atoms with Gasteiger partial charge in [0.15, 0.2) is 0 Å². The number of alkyl halides is 1. The van der Waals surface area contributed by atoms with Crippen molar-refractivity contribution < 1.29 is 4.42 Å². The molecule has 4 heteroatoms. The minimum atomic E-state index is 0.0645. The summed E-state index contributed by atoms with van der Waals surface area (Å²) in [6.07, 6.45) is 0.916. The maximum atomic E-state index is 5.76. The molecule has 0 spiro atoms. The molecule has 0 aliphatic rings. The molecule has 1 atom stereocenters. The van der Waals surface area contributed by atoms with Gasteiger partial charge in [0.2, 0.25) is 0 Å². The van der Waals surface area contributed by atoms with Gasteiger partial charge in [-0.3, -0.25) is 0 Å². The average Bonchev–Trinajstić information content (AvgIpc) is 2.80. The Balaban J connectivity index is 2.35. The van der Waals surface area contributed by atoms with Gasteiger partial charge in [0, 0.05) is 15.4 Å². The van der Waals surface area contributed by atoms with Crippen molar-refractivity contribution in [2.75, 3.05) is 0 Å². The molecule has 0 amide bonds. The Kier molecular flexibility index (Phi) is 4.50. The normalized spacial score (nSPS) is 12.7. The molecule has 2 rings (SSSR count). The topological polar surface area (TPSA) is 13.1 Å². The highest BCUT2D eigenvalue weighted by atomic mass is 79.9. The summed E-state index contributed by atoms with van der Waals surface area (Å²) in [5, 5.41) is 0. The summed E-state index contributed by atoms with van der Waals surface area (Å²) in [5.74, 6) is 1.94. The molecule has 1 unspecified atom stereocenters. The largest absolute Gasteiger partial charge is 0.465 e. The third kappa shape index (κ3) is 3.04. The zero-order valence-corrected chi connectivity index (χ0v) is 14.0. The van der Waals surface area contributed by atoms with Gasteiger partial charge in [0.1, 0.15) is 11.5 Å². The van der Waals surface area contributed by atoms with Crippen molar-refractivity contribution in [3.8, 4) is 0 Å². The molecule has 17 heavy (non-hydrogen) atoms. The van der Waals surface area contributed by atoms with E-state index in [1.54, 1.807) is 0 Å². The number of rotatable bonds is 3. The molecule has 1 aromatic heterocycles. The van der Waals surface area contributed by atoms with Crippen LogP contribution in [0.25, 0.3) is 0 Å². The fourth-order valence-corrected chi connectivity index (χ4v) is 3.37. The Bertz CT molecular complexity index is 519. The van der Waals surface area contributed by atoms with Crippen LogP contribution in [0.3, 0.4) is 0 Å². The number of hydrogen-bond acceptors (Lipinski definition) is 1. The van der Waals surface area contributed by atoms with Crippen molar-refractivity contribution in [2.45, 2.75) is 18.2 Å². The monoisotopic (exact) mass is 420 g/mol. The molecule has 0 saturated heterocycles. The minimum Gasteiger partial charge on any atom is -0.465 e. The van der Waals surface area contributed by atoms with E-state index in [0.29, 0.717) is 0 Å². The summed E-state index contributed by atoms with van der Waals surface area (Å²) in [7, 11) is 0. The predicted molar refractivity (Wildman–Crippen MR) is 80.7 cm³/mol. The van der Waals surface area contributed by atoms with Gasteiger partial charge in [-0.25, -0.2) is 0 Å². The van der Waals surface area contributed by atoms with Gasteiger partial charge in [0.05, 0.1) is 4.83 Å². The molecular formula is C13H11Br3O. The van der Waals surface area contributed by atoms with Gasteiger partial charge in [-0.1, -0.05) is 54.7 Å². The second-order valence-corrected chi connectivity index (χ2v) is 6.37. The van der Waals surface area contributed by atoms with Crippen molar-refractivity contribution in [2.24, 2.45) is 0 Å². The number of aryl methyl sites for hydroxylation is 1. The van der Waals surface area contributed by atoms with Crippen LogP contribution < -0.4 is 0 Å². The quantitative estimate of drug-likeness (QED) is 0.565. The Morgan fingerprint density at radius 1 is 1.18 bits per heavy atom. The maximum absolute atomic E-state index is 5.76. The summed E-state index contributed by atoms with van der Waals surface area (Å²) in [4.78, 5) is 0.0645. The van der Waals surface area contributed by atoms with Crippen LogP contribution in [0.15, 0.2) is 43.7 Å². The Morgan fingerprint density at radius 2 is 1.94 bits per heavy atom. The lowest BCUT2D eigenvalue weighted by atomic mass is 10.1. The Morgan fingerprint density at radius 3 is 2.59 bits per heavy atom. The smallest absolute Gasteiger partial charge is 0.122 e. The molecule has 1 heterocycles. The summed E-state index contributed by atoms with van der Waals surface area (Å²) < 4.78 is 7.89. The van der Waals surface area contributed by atoms with E-state index in [1.165, 1.54) is 0 Å². The molecule has 1 nitrogen and oxygen atoms in total. The lowest BCUT2D eigenvalue weighted by Crippen LogP contribution is -1.92. The number of hydrogen-bond donors (Lipinski definition) is 0. The second kappa shape index (κ2) is 5.72. The highest BCUT2D eigenvalue weighted by Crippen LogP contribution is 2.37. The van der Waals surface area contributed by atoms with E-state index in [9.17, 15) is 0 Å². The highest BCUT2D eigenvalue weighted by molar-refractivity contribution is 9.11. The van der Waals surface area contributed by atoms with E-state index >= 15 is 0 Å². The number of halogens is 3. The highest BCUT2D eigenvalue weighted by Gasteiger charge is 2.17. The Labute approximate surface area is 126 Å². The van der Waals surface area contributed by atoms with Crippen LogP contribution in [-0.2, 0) is 6.42 Å². The number of benzene rings is 1. The first kappa shape index (κ1) is 13.4. The number of furan rings is 1. The zero-order valence-electron chi connectivity index (χ0n) is 9.21. The van der Waals surface area contributed by atoms with Crippen molar-refractivity contribution in [1.82, 2.24) is 0 Å². The van der Waals surface area contributed by atoms with Crippen molar-refractivity contribution in [1.29, 1.82) is 0 Å². The maximum Gasteiger partial charge on any atom is 0.122 e. The van der Waals surface area contributed by atoms with Gasteiger partial charge in [-0.2, -0.15) is 0 Å². The van der Waals surface area contributed by atoms with Crippen LogP contribution in [0.5, 0.6) is 0 Å². The average molecular weight is 423 g/mol. The molecule has 0 bridgehead atoms. The molecule has 0 radical (unpaired) electrons. The van der Waals surface area contributed by atoms with Crippen molar-refractivity contribution >= 4 is 47.8 Å². The third-order valence-electron chi connectivity index (χ3n) is 2.51. The van der Waals surface area contributed by atoms with Crippen molar-refractivity contribution in [3.05, 3.63) is 56.4 Å². The van der Waals surface area contributed by atoms with Gasteiger partial charge in [0.25, 0.3) is 0 Å². The van der Waals surface area contributed by atoms with E-state index < -0.39 is 0 Å². The molecule has 0 saturated carbocycles. The van der Waals surface area contributed by atoms with E-state index in [2.05, 4.69) is 60.8 Å². The summed E-state index contributed by atoms with van der Waals surface area (Å²) in [6.45, 7) is 2.08. The van der Waals surface area contributed by atoms with E-state index in [0.717, 1.165) is 32.5 Å². The molecule has 0 aliphatic heterocycles. The second-order valence-electron chi connectivity index (χ2n) is 3.69. The van der Waals surface area contributed by atoms with Crippen LogP contribution in [0.2, 0.25) is 0 Å². The van der Waals surface area contributed by atoms with Gasteiger partial charge < -0.3 is 4.42 Å². The van der Waals surface area contributed by atoms with Crippen molar-refractivity contribution in [3.63, 3.8) is 0 Å². The first-order valence-electron chi connectivity index (χ1n) is 5.29. The SMILES string of the molecule is CCc1ccc(C(Br)c2cc(Br)ccc2Br)o1. The molecule has 0 aliphatic carbocycles. The van der Waals surface area contributed by atoms with E-state index in [-0.39, 0.29) is 4.83 Å². The first-order valence-corrected chi connectivity index (χ1v) is 7.79. The van der Waals surface area contributed by atoms with Gasteiger partial charge >= 0.3 is 0 Å². The molecule has 90 valence electrons. The molecule has 1 aromatic carbocycles. The van der Waals surface area contributed by atoms with E-state index in [1.807, 2.05) is 24.3 Å². The van der Waals surface area contributed by atoms with Crippen LogP contribution in [0.4, 0.5) is 0 Å². The third-order valence-corrected chi connectivity index (χ3v) is 4.67. The molecular weight excluding hydrogens is 412 g/mol. The fraction of sp³-hybridized carbons (Fsp3) is 0.231. The Hall–Kier alpha value is -0.0600. The standard InChI is InChI=1S/C13H11Br3O/c1-2-9-4-6-12(17-9)13(16)10-7-8(14)3-5-11(10)15/h3-7,13H,2H2,1H3. The summed E-state index contributed by atoms with van der Waals surface area (Å²) >= 11 is 10.7.